The SMILES string of the molecule is CC(C)N[C@H](C(=O)N1CCC[C@H]1C(=O)Nc1cncs1)C(C)(C)C. The molecule has 1 aliphatic rings. The summed E-state index contributed by atoms with van der Waals surface area (Å²) < 4.78 is 0. The van der Waals surface area contributed by atoms with Crippen LogP contribution in [0.25, 0.3) is 0 Å². The number of carbonyl (C=O) groups excluding carboxylic acids is 2. The van der Waals surface area contributed by atoms with Gasteiger partial charge < -0.3 is 15.5 Å². The van der Waals surface area contributed by atoms with Gasteiger partial charge >= 0.3 is 0 Å². The van der Waals surface area contributed by atoms with Gasteiger partial charge in [-0.25, -0.2) is 0 Å². The first kappa shape index (κ1) is 18.9. The fourth-order valence-corrected chi connectivity index (χ4v) is 3.49. The Bertz CT molecular complexity index is 566. The average Bonchev–Trinajstić information content (AvgIpc) is 3.13. The fraction of sp³-hybridized carbons (Fsp3) is 0.706. The minimum atomic E-state index is -0.404. The number of likely N-dealkylation sites (tertiary alicyclic amines) is 1. The number of aromatic nitrogens is 1. The van der Waals surface area contributed by atoms with E-state index in [2.05, 4.69) is 15.6 Å². The minimum Gasteiger partial charge on any atom is -0.329 e. The van der Waals surface area contributed by atoms with Gasteiger partial charge in [0, 0.05) is 12.6 Å². The molecule has 0 aromatic carbocycles. The Labute approximate surface area is 148 Å². The van der Waals surface area contributed by atoms with Crippen molar-refractivity contribution in [3.63, 3.8) is 0 Å². The number of anilines is 1. The molecule has 0 radical (unpaired) electrons. The smallest absolute Gasteiger partial charge is 0.247 e. The van der Waals surface area contributed by atoms with Crippen LogP contribution < -0.4 is 10.6 Å². The molecule has 1 fully saturated rings. The lowest BCUT2D eigenvalue weighted by Crippen LogP contribution is -2.57. The van der Waals surface area contributed by atoms with Crippen LogP contribution in [0.1, 0.15) is 47.5 Å². The normalized spacial score (nSPS) is 19.6. The number of hydrogen-bond acceptors (Lipinski definition) is 5. The highest BCUT2D eigenvalue weighted by molar-refractivity contribution is 7.14. The molecule has 2 N–H and O–H groups in total. The molecule has 2 heterocycles. The third kappa shape index (κ3) is 4.54. The van der Waals surface area contributed by atoms with Crippen molar-refractivity contribution in [2.75, 3.05) is 11.9 Å². The standard InChI is InChI=1S/C17H28N4O2S/c1-11(2)19-14(17(3,4)5)16(23)21-8-6-7-12(21)15(22)20-13-9-18-10-24-13/h9-12,14,19H,6-8H2,1-5H3,(H,20,22)/t12-,14+/m0/s1. The molecule has 2 amide bonds. The van der Waals surface area contributed by atoms with Crippen molar-refractivity contribution in [2.45, 2.75) is 65.6 Å². The molecule has 134 valence electrons. The van der Waals surface area contributed by atoms with E-state index in [1.165, 1.54) is 11.3 Å². The van der Waals surface area contributed by atoms with E-state index in [4.69, 9.17) is 0 Å². The molecule has 1 aliphatic heterocycles. The zero-order chi connectivity index (χ0) is 17.9. The van der Waals surface area contributed by atoms with Crippen LogP contribution in [0.2, 0.25) is 0 Å². The Morgan fingerprint density at radius 1 is 1.38 bits per heavy atom. The summed E-state index contributed by atoms with van der Waals surface area (Å²) >= 11 is 1.38. The summed E-state index contributed by atoms with van der Waals surface area (Å²) in [6, 6.07) is -0.516. The average molecular weight is 353 g/mol. The summed E-state index contributed by atoms with van der Waals surface area (Å²) in [7, 11) is 0. The van der Waals surface area contributed by atoms with Crippen LogP contribution in [0.3, 0.4) is 0 Å². The molecule has 0 unspecified atom stereocenters. The van der Waals surface area contributed by atoms with Crippen molar-refractivity contribution in [2.24, 2.45) is 5.41 Å². The van der Waals surface area contributed by atoms with Gasteiger partial charge in [0.1, 0.15) is 11.0 Å². The Morgan fingerprint density at radius 2 is 2.08 bits per heavy atom. The molecular weight excluding hydrogens is 324 g/mol. The molecule has 0 bridgehead atoms. The van der Waals surface area contributed by atoms with Gasteiger partial charge in [0.05, 0.1) is 17.7 Å². The molecular formula is C17H28N4O2S. The fourth-order valence-electron chi connectivity index (χ4n) is 2.98. The summed E-state index contributed by atoms with van der Waals surface area (Å²) in [4.78, 5) is 31.4. The third-order valence-corrected chi connectivity index (χ3v) is 4.82. The van der Waals surface area contributed by atoms with Gasteiger partial charge in [-0.3, -0.25) is 14.6 Å². The maximum atomic E-state index is 13.1. The van der Waals surface area contributed by atoms with E-state index in [1.54, 1.807) is 16.6 Å². The Balaban J connectivity index is 2.12. The van der Waals surface area contributed by atoms with E-state index in [0.717, 1.165) is 6.42 Å². The molecule has 0 spiro atoms. The van der Waals surface area contributed by atoms with Gasteiger partial charge in [-0.1, -0.05) is 34.6 Å². The van der Waals surface area contributed by atoms with Crippen LogP contribution in [-0.2, 0) is 9.59 Å². The number of hydrogen-bond donors (Lipinski definition) is 2. The summed E-state index contributed by atoms with van der Waals surface area (Å²) in [5.74, 6) is -0.111. The number of nitrogens with zero attached hydrogens (tertiary/aromatic N) is 2. The van der Waals surface area contributed by atoms with E-state index in [0.29, 0.717) is 18.0 Å². The lowest BCUT2D eigenvalue weighted by Gasteiger charge is -2.36. The Hall–Kier alpha value is -1.47. The summed E-state index contributed by atoms with van der Waals surface area (Å²) in [6.45, 7) is 10.8. The molecule has 0 aliphatic carbocycles. The number of amides is 2. The number of rotatable bonds is 5. The third-order valence-electron chi connectivity index (χ3n) is 4.13. The Morgan fingerprint density at radius 3 is 2.62 bits per heavy atom. The summed E-state index contributed by atoms with van der Waals surface area (Å²) in [5, 5.41) is 6.96. The highest BCUT2D eigenvalue weighted by Crippen LogP contribution is 2.27. The molecule has 0 saturated carbocycles. The van der Waals surface area contributed by atoms with Crippen LogP contribution in [0, 0.1) is 5.41 Å². The lowest BCUT2D eigenvalue weighted by atomic mass is 9.85. The predicted octanol–water partition coefficient (Wildman–Crippen LogP) is 2.49. The second-order valence-corrected chi connectivity index (χ2v) is 8.55. The molecule has 2 rings (SSSR count). The van der Waals surface area contributed by atoms with Gasteiger partial charge in [0.15, 0.2) is 0 Å². The van der Waals surface area contributed by atoms with Crippen LogP contribution >= 0.6 is 11.3 Å². The molecule has 6 nitrogen and oxygen atoms in total. The van der Waals surface area contributed by atoms with Crippen molar-refractivity contribution >= 4 is 28.2 Å². The van der Waals surface area contributed by atoms with Crippen molar-refractivity contribution in [1.82, 2.24) is 15.2 Å². The molecule has 7 heteroatoms. The van der Waals surface area contributed by atoms with E-state index >= 15 is 0 Å². The van der Waals surface area contributed by atoms with Gasteiger partial charge in [-0.15, -0.1) is 11.3 Å². The number of carbonyl (C=O) groups is 2. The van der Waals surface area contributed by atoms with Crippen LogP contribution in [0.5, 0.6) is 0 Å². The Kier molecular flexibility index (Phi) is 5.98. The lowest BCUT2D eigenvalue weighted by molar-refractivity contribution is -0.140. The molecule has 1 aromatic rings. The highest BCUT2D eigenvalue weighted by atomic mass is 32.1. The molecule has 24 heavy (non-hydrogen) atoms. The number of nitrogens with one attached hydrogen (secondary N) is 2. The largest absolute Gasteiger partial charge is 0.329 e. The van der Waals surface area contributed by atoms with E-state index in [-0.39, 0.29) is 29.3 Å². The van der Waals surface area contributed by atoms with Crippen molar-refractivity contribution < 1.29 is 9.59 Å². The van der Waals surface area contributed by atoms with Crippen LogP contribution in [0.15, 0.2) is 11.7 Å². The monoisotopic (exact) mass is 352 g/mol. The first-order chi connectivity index (χ1) is 11.2. The van der Waals surface area contributed by atoms with Crippen molar-refractivity contribution in [3.8, 4) is 0 Å². The van der Waals surface area contributed by atoms with Gasteiger partial charge in [0.25, 0.3) is 0 Å². The summed E-state index contributed by atoms with van der Waals surface area (Å²) in [6.07, 6.45) is 3.18. The van der Waals surface area contributed by atoms with Gasteiger partial charge in [-0.2, -0.15) is 0 Å². The van der Waals surface area contributed by atoms with E-state index in [9.17, 15) is 9.59 Å². The van der Waals surface area contributed by atoms with Gasteiger partial charge in [0.2, 0.25) is 11.8 Å². The topological polar surface area (TPSA) is 74.3 Å². The van der Waals surface area contributed by atoms with E-state index in [1.807, 2.05) is 34.6 Å². The van der Waals surface area contributed by atoms with Crippen molar-refractivity contribution in [1.29, 1.82) is 0 Å². The zero-order valence-electron chi connectivity index (χ0n) is 15.1. The zero-order valence-corrected chi connectivity index (χ0v) is 15.9. The minimum absolute atomic E-state index is 0.0122. The quantitative estimate of drug-likeness (QED) is 0.854. The summed E-state index contributed by atoms with van der Waals surface area (Å²) in [5.41, 5.74) is 1.46. The van der Waals surface area contributed by atoms with Gasteiger partial charge in [-0.05, 0) is 18.3 Å². The molecule has 2 atom stereocenters. The predicted molar refractivity (Wildman–Crippen MR) is 97.0 cm³/mol. The highest BCUT2D eigenvalue weighted by Gasteiger charge is 2.41. The molecule has 1 aromatic heterocycles. The van der Waals surface area contributed by atoms with Crippen LogP contribution in [-0.4, -0.2) is 46.4 Å². The van der Waals surface area contributed by atoms with E-state index < -0.39 is 6.04 Å². The number of thiazole rings is 1. The first-order valence-electron chi connectivity index (χ1n) is 8.46. The first-order valence-corrected chi connectivity index (χ1v) is 9.34. The molecule has 1 saturated heterocycles. The maximum Gasteiger partial charge on any atom is 0.247 e. The second-order valence-electron chi connectivity index (χ2n) is 7.66. The maximum absolute atomic E-state index is 13.1. The van der Waals surface area contributed by atoms with Crippen LogP contribution in [0.4, 0.5) is 5.00 Å². The van der Waals surface area contributed by atoms with Crippen molar-refractivity contribution in [3.05, 3.63) is 11.7 Å². The second kappa shape index (κ2) is 7.61.